The summed E-state index contributed by atoms with van der Waals surface area (Å²) in [6.45, 7) is 3.11. The zero-order chi connectivity index (χ0) is 14.8. The molecule has 1 fully saturated rings. The van der Waals surface area contributed by atoms with E-state index in [1.807, 2.05) is 29.7 Å². The van der Waals surface area contributed by atoms with E-state index in [0.29, 0.717) is 18.9 Å². The van der Waals surface area contributed by atoms with Crippen molar-refractivity contribution in [2.45, 2.75) is 25.5 Å². The molecule has 21 heavy (non-hydrogen) atoms. The minimum absolute atomic E-state index is 0.0125. The number of fused-ring (bicyclic) bond motifs is 1. The second kappa shape index (κ2) is 5.83. The number of carbonyl (C=O) groups excluding carboxylic acids is 1. The number of ether oxygens (including phenoxy) is 2. The second-order valence-electron chi connectivity index (χ2n) is 5.27. The van der Waals surface area contributed by atoms with Crippen molar-refractivity contribution in [1.29, 1.82) is 0 Å². The number of nitrogens with one attached hydrogen (secondary N) is 1. The van der Waals surface area contributed by atoms with Crippen LogP contribution in [0.4, 0.5) is 0 Å². The first-order valence-corrected chi connectivity index (χ1v) is 7.05. The van der Waals surface area contributed by atoms with Crippen LogP contribution in [-0.4, -0.2) is 47.8 Å². The van der Waals surface area contributed by atoms with E-state index in [1.54, 1.807) is 13.3 Å². The monoisotopic (exact) mass is 289 g/mol. The van der Waals surface area contributed by atoms with Crippen LogP contribution in [0.15, 0.2) is 24.5 Å². The molecule has 6 heteroatoms. The van der Waals surface area contributed by atoms with Crippen LogP contribution in [-0.2, 0) is 9.47 Å². The molecule has 0 unspecified atom stereocenters. The first kappa shape index (κ1) is 14.0. The van der Waals surface area contributed by atoms with E-state index >= 15 is 0 Å². The van der Waals surface area contributed by atoms with Gasteiger partial charge in [-0.05, 0) is 25.0 Å². The zero-order valence-corrected chi connectivity index (χ0v) is 12.2. The van der Waals surface area contributed by atoms with E-state index in [2.05, 4.69) is 10.3 Å². The summed E-state index contributed by atoms with van der Waals surface area (Å²) in [5.41, 5.74) is 2.24. The number of rotatable bonds is 3. The van der Waals surface area contributed by atoms with Gasteiger partial charge in [-0.3, -0.25) is 4.79 Å². The van der Waals surface area contributed by atoms with Crippen molar-refractivity contribution in [2.75, 3.05) is 20.3 Å². The third kappa shape index (κ3) is 2.77. The molecule has 0 spiro atoms. The van der Waals surface area contributed by atoms with Crippen LogP contribution in [0.3, 0.4) is 0 Å². The minimum atomic E-state index is -0.198. The van der Waals surface area contributed by atoms with Crippen LogP contribution >= 0.6 is 0 Å². The Morgan fingerprint density at radius 2 is 2.43 bits per heavy atom. The molecule has 0 saturated carbocycles. The summed E-state index contributed by atoms with van der Waals surface area (Å²) in [5.74, 6) is -0.198. The molecule has 0 aliphatic carbocycles. The van der Waals surface area contributed by atoms with Crippen LogP contribution in [0.1, 0.15) is 22.5 Å². The summed E-state index contributed by atoms with van der Waals surface area (Å²) in [7, 11) is 1.66. The number of nitrogens with zero attached hydrogens (tertiary/aromatic N) is 2. The lowest BCUT2D eigenvalue weighted by Gasteiger charge is -2.30. The van der Waals surface area contributed by atoms with Gasteiger partial charge in [0.05, 0.1) is 18.8 Å². The molecule has 1 aliphatic rings. The van der Waals surface area contributed by atoms with Crippen LogP contribution < -0.4 is 5.32 Å². The zero-order valence-electron chi connectivity index (χ0n) is 12.2. The highest BCUT2D eigenvalue weighted by molar-refractivity contribution is 5.93. The van der Waals surface area contributed by atoms with Crippen molar-refractivity contribution in [2.24, 2.45) is 0 Å². The maximum atomic E-state index is 12.4. The van der Waals surface area contributed by atoms with Crippen molar-refractivity contribution in [3.05, 3.63) is 35.8 Å². The molecule has 2 aromatic rings. The summed E-state index contributed by atoms with van der Waals surface area (Å²) in [6, 6.07) is 3.77. The molecule has 1 aliphatic heterocycles. The molecule has 0 radical (unpaired) electrons. The first-order chi connectivity index (χ1) is 10.2. The van der Waals surface area contributed by atoms with Gasteiger partial charge < -0.3 is 19.2 Å². The fourth-order valence-electron chi connectivity index (χ4n) is 2.64. The lowest BCUT2D eigenvalue weighted by atomic mass is 10.1. The Hall–Kier alpha value is -1.92. The maximum absolute atomic E-state index is 12.4. The fraction of sp³-hybridized carbons (Fsp3) is 0.467. The smallest absolute Gasteiger partial charge is 0.271 e. The summed E-state index contributed by atoms with van der Waals surface area (Å²) in [4.78, 5) is 16.8. The summed E-state index contributed by atoms with van der Waals surface area (Å²) >= 11 is 0. The number of hydrogen-bond donors (Lipinski definition) is 1. The summed E-state index contributed by atoms with van der Waals surface area (Å²) in [5, 5.41) is 2.95. The molecule has 1 amide bonds. The minimum Gasteiger partial charge on any atom is -0.379 e. The number of carbonyl (C=O) groups is 1. The van der Waals surface area contributed by atoms with Gasteiger partial charge in [-0.15, -0.1) is 0 Å². The quantitative estimate of drug-likeness (QED) is 0.921. The van der Waals surface area contributed by atoms with E-state index < -0.39 is 0 Å². The SMILES string of the molecule is CO[C@@H]1CCOC[C@H]1NC(=O)c1cn2cccc(C)c2n1. The summed E-state index contributed by atoms with van der Waals surface area (Å²) < 4.78 is 12.7. The third-order valence-corrected chi connectivity index (χ3v) is 3.82. The van der Waals surface area contributed by atoms with E-state index in [4.69, 9.17) is 9.47 Å². The van der Waals surface area contributed by atoms with Gasteiger partial charge in [0.25, 0.3) is 5.91 Å². The molecule has 6 nitrogen and oxygen atoms in total. The lowest BCUT2D eigenvalue weighted by Crippen LogP contribution is -2.50. The van der Waals surface area contributed by atoms with Crippen LogP contribution in [0.25, 0.3) is 5.65 Å². The molecule has 3 rings (SSSR count). The lowest BCUT2D eigenvalue weighted by molar-refractivity contribution is -0.0349. The van der Waals surface area contributed by atoms with Crippen molar-refractivity contribution < 1.29 is 14.3 Å². The predicted molar refractivity (Wildman–Crippen MR) is 77.4 cm³/mol. The highest BCUT2D eigenvalue weighted by Crippen LogP contribution is 2.13. The molecule has 2 aromatic heterocycles. The van der Waals surface area contributed by atoms with Crippen LogP contribution in [0, 0.1) is 6.92 Å². The Labute approximate surface area is 123 Å². The molecule has 112 valence electrons. The van der Waals surface area contributed by atoms with Gasteiger partial charge in [-0.25, -0.2) is 4.98 Å². The fourth-order valence-corrected chi connectivity index (χ4v) is 2.64. The Morgan fingerprint density at radius 3 is 3.19 bits per heavy atom. The average Bonchev–Trinajstić information content (AvgIpc) is 2.93. The standard InChI is InChI=1S/C15H19N3O3/c1-10-4-3-6-18-8-11(16-14(10)18)15(19)17-12-9-21-7-5-13(12)20-2/h3-4,6,8,12-13H,5,7,9H2,1-2H3,(H,17,19)/t12-,13-/m1/s1. The van der Waals surface area contributed by atoms with Gasteiger partial charge in [0.15, 0.2) is 0 Å². The molecular weight excluding hydrogens is 270 g/mol. The van der Waals surface area contributed by atoms with Gasteiger partial charge in [0, 0.05) is 26.1 Å². The molecule has 0 aromatic carbocycles. The van der Waals surface area contributed by atoms with Gasteiger partial charge in [0.2, 0.25) is 0 Å². The second-order valence-corrected chi connectivity index (χ2v) is 5.27. The molecule has 2 atom stereocenters. The Kier molecular flexibility index (Phi) is 3.90. The number of pyridine rings is 1. The largest absolute Gasteiger partial charge is 0.379 e. The summed E-state index contributed by atoms with van der Waals surface area (Å²) in [6.07, 6.45) is 4.39. The predicted octanol–water partition coefficient (Wildman–Crippen LogP) is 1.18. The van der Waals surface area contributed by atoms with Crippen molar-refractivity contribution in [3.63, 3.8) is 0 Å². The Balaban J connectivity index is 1.78. The number of aromatic nitrogens is 2. The van der Waals surface area contributed by atoms with E-state index in [1.165, 1.54) is 0 Å². The van der Waals surface area contributed by atoms with Crippen molar-refractivity contribution in [1.82, 2.24) is 14.7 Å². The van der Waals surface area contributed by atoms with Gasteiger partial charge in [0.1, 0.15) is 11.3 Å². The van der Waals surface area contributed by atoms with Crippen LogP contribution in [0.5, 0.6) is 0 Å². The highest BCUT2D eigenvalue weighted by atomic mass is 16.5. The molecule has 3 heterocycles. The van der Waals surface area contributed by atoms with Crippen molar-refractivity contribution in [3.8, 4) is 0 Å². The van der Waals surface area contributed by atoms with Gasteiger partial charge in [-0.2, -0.15) is 0 Å². The molecule has 1 N–H and O–H groups in total. The third-order valence-electron chi connectivity index (χ3n) is 3.82. The number of methoxy groups -OCH3 is 1. The number of amides is 1. The molecular formula is C15H19N3O3. The van der Waals surface area contributed by atoms with E-state index in [0.717, 1.165) is 17.6 Å². The maximum Gasteiger partial charge on any atom is 0.271 e. The van der Waals surface area contributed by atoms with Crippen molar-refractivity contribution >= 4 is 11.6 Å². The van der Waals surface area contributed by atoms with E-state index in [-0.39, 0.29) is 18.1 Å². The topological polar surface area (TPSA) is 64.9 Å². The van der Waals surface area contributed by atoms with Gasteiger partial charge >= 0.3 is 0 Å². The number of imidazole rings is 1. The molecule has 1 saturated heterocycles. The Morgan fingerprint density at radius 1 is 1.57 bits per heavy atom. The Bertz CT molecular complexity index is 653. The molecule has 0 bridgehead atoms. The van der Waals surface area contributed by atoms with Gasteiger partial charge in [-0.1, -0.05) is 6.07 Å². The first-order valence-electron chi connectivity index (χ1n) is 7.05. The normalized spacial score (nSPS) is 22.4. The number of hydrogen-bond acceptors (Lipinski definition) is 4. The number of aryl methyl sites for hydroxylation is 1. The highest BCUT2D eigenvalue weighted by Gasteiger charge is 2.28. The van der Waals surface area contributed by atoms with E-state index in [9.17, 15) is 4.79 Å². The average molecular weight is 289 g/mol. The van der Waals surface area contributed by atoms with Crippen LogP contribution in [0.2, 0.25) is 0 Å².